The Bertz CT molecular complexity index is 1040. The van der Waals surface area contributed by atoms with Crippen molar-refractivity contribution in [2.24, 2.45) is 0 Å². The molecule has 0 spiro atoms. The first-order valence-corrected chi connectivity index (χ1v) is 8.23. The van der Waals surface area contributed by atoms with Crippen LogP contribution < -0.4 is 10.9 Å². The van der Waals surface area contributed by atoms with Crippen LogP contribution >= 0.6 is 23.2 Å². The number of fused-ring (bicyclic) bond motifs is 1. The van der Waals surface area contributed by atoms with Crippen molar-refractivity contribution in [3.63, 3.8) is 0 Å². The topological polar surface area (TPSA) is 88.3 Å². The second-order valence-corrected chi connectivity index (χ2v) is 6.25. The van der Waals surface area contributed by atoms with E-state index < -0.39 is 24.0 Å². The molecule has 3 rings (SSSR count). The lowest BCUT2D eigenvalue weighted by Crippen LogP contribution is -2.22. The molecule has 0 saturated heterocycles. The number of carbonyl (C=O) groups excluding carboxylic acids is 2. The Morgan fingerprint density at radius 2 is 1.73 bits per heavy atom. The Morgan fingerprint density at radius 1 is 1.04 bits per heavy atom. The molecule has 0 saturated carbocycles. The standard InChI is InChI=1S/C18H12Cl2N2O4/c19-10-5-11(20)7-12(6-10)21-17(24)9-26-18(25)14-8-16(23)22-15-4-2-1-3-13(14)15/h1-8H,9H2,(H,21,24)(H,22,23). The number of aromatic amines is 1. The van der Waals surface area contributed by atoms with Crippen molar-refractivity contribution < 1.29 is 14.3 Å². The summed E-state index contributed by atoms with van der Waals surface area (Å²) in [6, 6.07) is 12.5. The normalized spacial score (nSPS) is 10.5. The van der Waals surface area contributed by atoms with Crippen LogP contribution in [0, 0.1) is 0 Å². The van der Waals surface area contributed by atoms with Gasteiger partial charge in [0.15, 0.2) is 6.61 Å². The minimum absolute atomic E-state index is 0.0861. The van der Waals surface area contributed by atoms with Crippen molar-refractivity contribution in [1.82, 2.24) is 4.98 Å². The van der Waals surface area contributed by atoms with Gasteiger partial charge in [-0.3, -0.25) is 9.59 Å². The number of hydrogen-bond donors (Lipinski definition) is 2. The van der Waals surface area contributed by atoms with E-state index in [0.717, 1.165) is 6.07 Å². The average molecular weight is 391 g/mol. The van der Waals surface area contributed by atoms with Gasteiger partial charge in [0, 0.05) is 32.7 Å². The number of esters is 1. The lowest BCUT2D eigenvalue weighted by Gasteiger charge is -2.09. The Balaban J connectivity index is 1.71. The molecule has 1 heterocycles. The second kappa shape index (κ2) is 7.59. The van der Waals surface area contributed by atoms with Crippen LogP contribution in [0.2, 0.25) is 10.0 Å². The highest BCUT2D eigenvalue weighted by atomic mass is 35.5. The zero-order valence-corrected chi connectivity index (χ0v) is 14.7. The number of aromatic nitrogens is 1. The summed E-state index contributed by atoms with van der Waals surface area (Å²) < 4.78 is 5.02. The third kappa shape index (κ3) is 4.22. The maximum Gasteiger partial charge on any atom is 0.339 e. The predicted molar refractivity (Wildman–Crippen MR) is 99.9 cm³/mol. The molecule has 26 heavy (non-hydrogen) atoms. The van der Waals surface area contributed by atoms with E-state index in [4.69, 9.17) is 27.9 Å². The van der Waals surface area contributed by atoms with E-state index in [9.17, 15) is 14.4 Å². The van der Waals surface area contributed by atoms with E-state index >= 15 is 0 Å². The molecule has 0 fully saturated rings. The number of benzene rings is 2. The number of nitrogens with one attached hydrogen (secondary N) is 2. The van der Waals surface area contributed by atoms with Crippen LogP contribution in [0.25, 0.3) is 10.9 Å². The summed E-state index contributed by atoms with van der Waals surface area (Å²) in [5, 5.41) is 3.77. The first kappa shape index (κ1) is 18.0. The summed E-state index contributed by atoms with van der Waals surface area (Å²) in [5.74, 6) is -1.34. The van der Waals surface area contributed by atoms with E-state index in [1.165, 1.54) is 18.2 Å². The predicted octanol–water partition coefficient (Wildman–Crippen LogP) is 3.63. The quantitative estimate of drug-likeness (QED) is 0.665. The summed E-state index contributed by atoms with van der Waals surface area (Å²) in [7, 11) is 0. The first-order valence-electron chi connectivity index (χ1n) is 7.47. The van der Waals surface area contributed by atoms with Crippen LogP contribution in [0.4, 0.5) is 5.69 Å². The number of rotatable bonds is 4. The number of H-pyrrole nitrogens is 1. The zero-order chi connectivity index (χ0) is 18.7. The maximum atomic E-state index is 12.3. The van der Waals surface area contributed by atoms with Crippen LogP contribution in [0.15, 0.2) is 53.3 Å². The monoisotopic (exact) mass is 390 g/mol. The molecular formula is C18H12Cl2N2O4. The zero-order valence-electron chi connectivity index (χ0n) is 13.2. The molecule has 0 atom stereocenters. The Hall–Kier alpha value is -2.83. The van der Waals surface area contributed by atoms with Gasteiger partial charge in [0.25, 0.3) is 5.91 Å². The molecule has 2 aromatic carbocycles. The largest absolute Gasteiger partial charge is 0.452 e. The fourth-order valence-electron chi connectivity index (χ4n) is 2.41. The van der Waals surface area contributed by atoms with Crippen LogP contribution in [-0.4, -0.2) is 23.5 Å². The number of pyridine rings is 1. The molecule has 0 radical (unpaired) electrons. The molecule has 8 heteroatoms. The number of hydrogen-bond acceptors (Lipinski definition) is 4. The summed E-state index contributed by atoms with van der Waals surface area (Å²) in [6.45, 7) is -0.524. The minimum Gasteiger partial charge on any atom is -0.452 e. The summed E-state index contributed by atoms with van der Waals surface area (Å²) in [6.07, 6.45) is 0. The molecule has 2 N–H and O–H groups in total. The van der Waals surface area contributed by atoms with Gasteiger partial charge in [0.05, 0.1) is 5.56 Å². The maximum absolute atomic E-state index is 12.3. The molecule has 1 aromatic heterocycles. The minimum atomic E-state index is -0.772. The summed E-state index contributed by atoms with van der Waals surface area (Å²) in [4.78, 5) is 38.5. The van der Waals surface area contributed by atoms with Gasteiger partial charge < -0.3 is 15.0 Å². The van der Waals surface area contributed by atoms with Crippen molar-refractivity contribution in [2.75, 3.05) is 11.9 Å². The molecule has 0 bridgehead atoms. The molecular weight excluding hydrogens is 379 g/mol. The van der Waals surface area contributed by atoms with Gasteiger partial charge in [-0.1, -0.05) is 41.4 Å². The third-order valence-electron chi connectivity index (χ3n) is 3.45. The highest BCUT2D eigenvalue weighted by Crippen LogP contribution is 2.22. The Kier molecular flexibility index (Phi) is 5.25. The molecule has 0 unspecified atom stereocenters. The van der Waals surface area contributed by atoms with Crippen LogP contribution in [0.1, 0.15) is 10.4 Å². The van der Waals surface area contributed by atoms with Crippen LogP contribution in [0.5, 0.6) is 0 Å². The fourth-order valence-corrected chi connectivity index (χ4v) is 2.93. The van der Waals surface area contributed by atoms with E-state index in [-0.39, 0.29) is 5.56 Å². The van der Waals surface area contributed by atoms with E-state index in [0.29, 0.717) is 26.6 Å². The van der Waals surface area contributed by atoms with Crippen molar-refractivity contribution >= 4 is 51.7 Å². The summed E-state index contributed by atoms with van der Waals surface area (Å²) in [5.41, 5.74) is 0.534. The Labute approximate surface area is 157 Å². The fraction of sp³-hybridized carbons (Fsp3) is 0.0556. The molecule has 0 aliphatic carbocycles. The van der Waals surface area contributed by atoms with Crippen molar-refractivity contribution in [3.8, 4) is 0 Å². The van der Waals surface area contributed by atoms with Gasteiger partial charge in [0.2, 0.25) is 5.56 Å². The van der Waals surface area contributed by atoms with Gasteiger partial charge >= 0.3 is 5.97 Å². The molecule has 0 aliphatic rings. The van der Waals surface area contributed by atoms with Crippen LogP contribution in [0.3, 0.4) is 0 Å². The molecule has 132 valence electrons. The van der Waals surface area contributed by atoms with E-state index in [1.807, 2.05) is 0 Å². The van der Waals surface area contributed by atoms with E-state index in [1.54, 1.807) is 24.3 Å². The highest BCUT2D eigenvalue weighted by Gasteiger charge is 2.15. The number of para-hydroxylation sites is 1. The number of carbonyl (C=O) groups is 2. The number of halogens is 2. The third-order valence-corrected chi connectivity index (χ3v) is 3.89. The van der Waals surface area contributed by atoms with Gasteiger partial charge in [-0.05, 0) is 24.3 Å². The first-order chi connectivity index (χ1) is 12.4. The smallest absolute Gasteiger partial charge is 0.339 e. The van der Waals surface area contributed by atoms with Gasteiger partial charge in [-0.2, -0.15) is 0 Å². The summed E-state index contributed by atoms with van der Waals surface area (Å²) >= 11 is 11.7. The lowest BCUT2D eigenvalue weighted by atomic mass is 10.1. The highest BCUT2D eigenvalue weighted by molar-refractivity contribution is 6.35. The number of anilines is 1. The second-order valence-electron chi connectivity index (χ2n) is 5.38. The lowest BCUT2D eigenvalue weighted by molar-refractivity contribution is -0.119. The van der Waals surface area contributed by atoms with Gasteiger partial charge in [-0.15, -0.1) is 0 Å². The van der Waals surface area contributed by atoms with Crippen molar-refractivity contribution in [2.45, 2.75) is 0 Å². The van der Waals surface area contributed by atoms with Gasteiger partial charge in [-0.25, -0.2) is 4.79 Å². The SMILES string of the molecule is O=C(COC(=O)c1cc(=O)[nH]c2ccccc12)Nc1cc(Cl)cc(Cl)c1. The molecule has 6 nitrogen and oxygen atoms in total. The Morgan fingerprint density at radius 3 is 2.46 bits per heavy atom. The average Bonchev–Trinajstić information content (AvgIpc) is 2.58. The van der Waals surface area contributed by atoms with Gasteiger partial charge in [0.1, 0.15) is 0 Å². The number of amides is 1. The molecule has 1 amide bonds. The van der Waals surface area contributed by atoms with E-state index in [2.05, 4.69) is 10.3 Å². The molecule has 0 aliphatic heterocycles. The number of ether oxygens (including phenoxy) is 1. The molecule has 3 aromatic rings. The van der Waals surface area contributed by atoms with Crippen molar-refractivity contribution in [3.05, 3.63) is 74.5 Å². The van der Waals surface area contributed by atoms with Crippen molar-refractivity contribution in [1.29, 1.82) is 0 Å². The van der Waals surface area contributed by atoms with Crippen LogP contribution in [-0.2, 0) is 9.53 Å².